The van der Waals surface area contributed by atoms with Crippen molar-refractivity contribution in [1.82, 2.24) is 19.9 Å². The molecule has 9 heteroatoms. The molecule has 1 aliphatic rings. The van der Waals surface area contributed by atoms with Crippen molar-refractivity contribution in [3.8, 4) is 9.88 Å². The molecule has 3 aromatic heterocycles. The second-order valence-electron chi connectivity index (χ2n) is 7.06. The molecule has 1 fully saturated rings. The van der Waals surface area contributed by atoms with Crippen LogP contribution >= 0.6 is 22.7 Å². The van der Waals surface area contributed by atoms with E-state index in [1.54, 1.807) is 11.3 Å². The topological polar surface area (TPSA) is 79.5 Å². The van der Waals surface area contributed by atoms with Crippen LogP contribution in [-0.4, -0.2) is 57.9 Å². The molecule has 0 N–H and O–H groups in total. The molecule has 0 aromatic carbocycles. The van der Waals surface area contributed by atoms with Crippen molar-refractivity contribution in [3.05, 3.63) is 45.1 Å². The lowest BCUT2D eigenvalue weighted by Gasteiger charge is -2.34. The summed E-state index contributed by atoms with van der Waals surface area (Å²) in [5, 5.41) is 6.80. The predicted molar refractivity (Wildman–Crippen MR) is 112 cm³/mol. The minimum atomic E-state index is 0.000582. The minimum absolute atomic E-state index is 0.000582. The SMILES string of the molecule is Cc1nc(-c2cccs2)sc1C(=O)N1CCN(C(=O)Cc2c(C)noc2C)CC1. The maximum atomic E-state index is 13.0. The molecule has 3 aromatic rings. The fourth-order valence-electron chi connectivity index (χ4n) is 3.42. The molecule has 2 amide bonds. The Hall–Kier alpha value is -2.52. The number of amides is 2. The van der Waals surface area contributed by atoms with E-state index in [4.69, 9.17) is 4.52 Å². The minimum Gasteiger partial charge on any atom is -0.361 e. The van der Waals surface area contributed by atoms with Gasteiger partial charge in [0.05, 0.1) is 22.7 Å². The summed E-state index contributed by atoms with van der Waals surface area (Å²) in [4.78, 5) is 35.6. The van der Waals surface area contributed by atoms with Crippen LogP contribution in [-0.2, 0) is 11.2 Å². The number of nitrogens with zero attached hydrogens (tertiary/aromatic N) is 4. The van der Waals surface area contributed by atoms with E-state index in [9.17, 15) is 9.59 Å². The van der Waals surface area contributed by atoms with Gasteiger partial charge in [0.2, 0.25) is 5.91 Å². The van der Waals surface area contributed by atoms with Gasteiger partial charge >= 0.3 is 0 Å². The average molecular weight is 431 g/mol. The Morgan fingerprint density at radius 1 is 1.10 bits per heavy atom. The zero-order chi connectivity index (χ0) is 20.5. The van der Waals surface area contributed by atoms with Gasteiger partial charge in [-0.3, -0.25) is 9.59 Å². The Bertz CT molecular complexity index is 1010. The van der Waals surface area contributed by atoms with Gasteiger partial charge < -0.3 is 14.3 Å². The first kappa shape index (κ1) is 19.8. The van der Waals surface area contributed by atoms with E-state index in [1.807, 2.05) is 48.1 Å². The highest BCUT2D eigenvalue weighted by atomic mass is 32.1. The summed E-state index contributed by atoms with van der Waals surface area (Å²) in [6.07, 6.45) is 0.285. The number of aromatic nitrogens is 2. The van der Waals surface area contributed by atoms with Crippen molar-refractivity contribution in [2.75, 3.05) is 26.2 Å². The molecule has 0 bridgehead atoms. The number of hydrogen-bond donors (Lipinski definition) is 0. The fourth-order valence-corrected chi connectivity index (χ4v) is 5.25. The zero-order valence-electron chi connectivity index (χ0n) is 16.6. The summed E-state index contributed by atoms with van der Waals surface area (Å²) in [5.41, 5.74) is 2.38. The van der Waals surface area contributed by atoms with Crippen molar-refractivity contribution in [3.63, 3.8) is 0 Å². The van der Waals surface area contributed by atoms with Crippen LogP contribution < -0.4 is 0 Å². The van der Waals surface area contributed by atoms with E-state index in [0.29, 0.717) is 36.8 Å². The lowest BCUT2D eigenvalue weighted by atomic mass is 10.1. The first-order valence-electron chi connectivity index (χ1n) is 9.44. The van der Waals surface area contributed by atoms with E-state index in [2.05, 4.69) is 10.1 Å². The monoisotopic (exact) mass is 430 g/mol. The van der Waals surface area contributed by atoms with Crippen LogP contribution in [0.4, 0.5) is 0 Å². The third-order valence-electron chi connectivity index (χ3n) is 5.15. The molecule has 0 radical (unpaired) electrons. The van der Waals surface area contributed by atoms with E-state index < -0.39 is 0 Å². The van der Waals surface area contributed by atoms with Crippen LogP contribution in [0.3, 0.4) is 0 Å². The number of aryl methyl sites for hydroxylation is 3. The van der Waals surface area contributed by atoms with E-state index in [-0.39, 0.29) is 18.2 Å². The Morgan fingerprint density at radius 3 is 2.45 bits per heavy atom. The molecule has 7 nitrogen and oxygen atoms in total. The number of rotatable bonds is 4. The van der Waals surface area contributed by atoms with Crippen molar-refractivity contribution in [2.45, 2.75) is 27.2 Å². The highest BCUT2D eigenvalue weighted by Gasteiger charge is 2.28. The van der Waals surface area contributed by atoms with Gasteiger partial charge in [0, 0.05) is 31.7 Å². The number of hydrogen-bond acceptors (Lipinski definition) is 7. The van der Waals surface area contributed by atoms with Crippen LogP contribution in [0.2, 0.25) is 0 Å². The second kappa shape index (κ2) is 8.08. The number of thiazole rings is 1. The first-order chi connectivity index (χ1) is 13.9. The fraction of sp³-hybridized carbons (Fsp3) is 0.400. The van der Waals surface area contributed by atoms with Gasteiger partial charge in [0.1, 0.15) is 15.6 Å². The molecule has 0 spiro atoms. The van der Waals surface area contributed by atoms with Crippen molar-refractivity contribution >= 4 is 34.5 Å². The number of carbonyl (C=O) groups is 2. The van der Waals surface area contributed by atoms with Crippen molar-refractivity contribution < 1.29 is 14.1 Å². The van der Waals surface area contributed by atoms with E-state index in [0.717, 1.165) is 26.8 Å². The van der Waals surface area contributed by atoms with Gasteiger partial charge in [-0.25, -0.2) is 4.98 Å². The summed E-state index contributed by atoms with van der Waals surface area (Å²) in [6, 6.07) is 4.00. The predicted octanol–water partition coefficient (Wildman–Crippen LogP) is 3.31. The summed E-state index contributed by atoms with van der Waals surface area (Å²) < 4.78 is 5.14. The molecule has 152 valence electrons. The maximum Gasteiger partial charge on any atom is 0.265 e. The van der Waals surface area contributed by atoms with Gasteiger partial charge in [-0.05, 0) is 32.2 Å². The Morgan fingerprint density at radius 2 is 1.83 bits per heavy atom. The molecule has 0 saturated carbocycles. The normalized spacial score (nSPS) is 14.4. The molecular formula is C20H22N4O3S2. The lowest BCUT2D eigenvalue weighted by Crippen LogP contribution is -2.51. The van der Waals surface area contributed by atoms with Crippen LogP contribution in [0.5, 0.6) is 0 Å². The molecule has 0 atom stereocenters. The second-order valence-corrected chi connectivity index (χ2v) is 9.01. The molecule has 4 rings (SSSR count). The van der Waals surface area contributed by atoms with Crippen molar-refractivity contribution in [2.24, 2.45) is 0 Å². The molecule has 1 aliphatic heterocycles. The third-order valence-corrected chi connectivity index (χ3v) is 7.34. The van der Waals surface area contributed by atoms with Crippen LogP contribution in [0, 0.1) is 20.8 Å². The number of carbonyl (C=O) groups excluding carboxylic acids is 2. The van der Waals surface area contributed by atoms with Crippen LogP contribution in [0.1, 0.15) is 32.4 Å². The standard InChI is InChI=1S/C20H22N4O3S2/c1-12-15(14(3)27-22-12)11-17(25)23-6-8-24(9-7-23)20(26)18-13(2)21-19(29-18)16-5-4-10-28-16/h4-5,10H,6-9,11H2,1-3H3. The van der Waals surface area contributed by atoms with Gasteiger partial charge in [0.25, 0.3) is 5.91 Å². The largest absolute Gasteiger partial charge is 0.361 e. The maximum absolute atomic E-state index is 13.0. The van der Waals surface area contributed by atoms with E-state index in [1.165, 1.54) is 11.3 Å². The highest BCUT2D eigenvalue weighted by molar-refractivity contribution is 7.22. The van der Waals surface area contributed by atoms with Gasteiger partial charge in [0.15, 0.2) is 0 Å². The summed E-state index contributed by atoms with van der Waals surface area (Å²) in [6.45, 7) is 7.66. The molecule has 29 heavy (non-hydrogen) atoms. The molecule has 1 saturated heterocycles. The molecule has 0 aliphatic carbocycles. The van der Waals surface area contributed by atoms with E-state index >= 15 is 0 Å². The van der Waals surface area contributed by atoms with Crippen LogP contribution in [0.25, 0.3) is 9.88 Å². The van der Waals surface area contributed by atoms with Crippen molar-refractivity contribution in [1.29, 1.82) is 0 Å². The molecular weight excluding hydrogens is 408 g/mol. The quantitative estimate of drug-likeness (QED) is 0.634. The Labute approximate surface area is 176 Å². The first-order valence-corrected chi connectivity index (χ1v) is 11.1. The molecule has 0 unspecified atom stereocenters. The third kappa shape index (κ3) is 3.97. The number of thiophene rings is 1. The Kier molecular flexibility index (Phi) is 5.51. The van der Waals surface area contributed by atoms with Gasteiger partial charge in [-0.2, -0.15) is 0 Å². The average Bonchev–Trinajstić information content (AvgIpc) is 3.45. The summed E-state index contributed by atoms with van der Waals surface area (Å²) in [7, 11) is 0. The summed E-state index contributed by atoms with van der Waals surface area (Å²) in [5.74, 6) is 0.730. The highest BCUT2D eigenvalue weighted by Crippen LogP contribution is 2.31. The van der Waals surface area contributed by atoms with Gasteiger partial charge in [-0.15, -0.1) is 22.7 Å². The lowest BCUT2D eigenvalue weighted by molar-refractivity contribution is -0.131. The number of piperazine rings is 1. The molecule has 4 heterocycles. The smallest absolute Gasteiger partial charge is 0.265 e. The van der Waals surface area contributed by atoms with Gasteiger partial charge in [-0.1, -0.05) is 11.2 Å². The van der Waals surface area contributed by atoms with Crippen LogP contribution in [0.15, 0.2) is 22.0 Å². The Balaban J connectivity index is 1.38. The summed E-state index contributed by atoms with van der Waals surface area (Å²) >= 11 is 3.06. The zero-order valence-corrected chi connectivity index (χ0v) is 18.2.